The molecular formula is C21H21N3O. The maximum absolute atomic E-state index is 5.74. The first-order valence-corrected chi connectivity index (χ1v) is 8.45. The van der Waals surface area contributed by atoms with Gasteiger partial charge in [-0.3, -0.25) is 10.3 Å². The lowest BCUT2D eigenvalue weighted by Crippen LogP contribution is -2.12. The summed E-state index contributed by atoms with van der Waals surface area (Å²) in [7, 11) is 4.08. The molecule has 4 heteroatoms. The molecule has 1 aliphatic heterocycles. The SMILES string of the molecule is CN(C)c1ccc(C2CC(=Nc3cccc4ccccc34)NO2)cc1. The maximum atomic E-state index is 5.74. The van der Waals surface area contributed by atoms with Gasteiger partial charge in [-0.05, 0) is 29.1 Å². The van der Waals surface area contributed by atoms with E-state index in [1.165, 1.54) is 11.1 Å². The number of aliphatic imine (C=N–C) groups is 1. The van der Waals surface area contributed by atoms with Crippen molar-refractivity contribution < 1.29 is 4.84 Å². The Morgan fingerprint density at radius 1 is 0.960 bits per heavy atom. The van der Waals surface area contributed by atoms with Crippen molar-refractivity contribution in [3.63, 3.8) is 0 Å². The summed E-state index contributed by atoms with van der Waals surface area (Å²) in [6.07, 6.45) is 0.731. The highest BCUT2D eigenvalue weighted by molar-refractivity contribution is 5.96. The van der Waals surface area contributed by atoms with E-state index in [4.69, 9.17) is 9.83 Å². The molecule has 0 radical (unpaired) electrons. The number of hydrogen-bond donors (Lipinski definition) is 1. The van der Waals surface area contributed by atoms with Crippen LogP contribution in [0.3, 0.4) is 0 Å². The summed E-state index contributed by atoms with van der Waals surface area (Å²) in [5.74, 6) is 0.859. The Balaban J connectivity index is 1.56. The fraction of sp³-hybridized carbons (Fsp3) is 0.190. The van der Waals surface area contributed by atoms with Crippen LogP contribution >= 0.6 is 0 Å². The van der Waals surface area contributed by atoms with Gasteiger partial charge in [0.2, 0.25) is 0 Å². The summed E-state index contributed by atoms with van der Waals surface area (Å²) in [6, 6.07) is 22.9. The van der Waals surface area contributed by atoms with E-state index in [2.05, 4.69) is 52.8 Å². The van der Waals surface area contributed by atoms with Crippen LogP contribution < -0.4 is 10.4 Å². The van der Waals surface area contributed by atoms with Crippen LogP contribution in [0.4, 0.5) is 11.4 Å². The van der Waals surface area contributed by atoms with Crippen molar-refractivity contribution >= 4 is 28.0 Å². The normalized spacial score (nSPS) is 18.5. The maximum Gasteiger partial charge on any atom is 0.129 e. The second-order valence-corrected chi connectivity index (χ2v) is 6.46. The van der Waals surface area contributed by atoms with Crippen LogP contribution in [0, 0.1) is 0 Å². The zero-order chi connectivity index (χ0) is 17.2. The van der Waals surface area contributed by atoms with Crippen molar-refractivity contribution in [1.29, 1.82) is 0 Å². The molecule has 25 heavy (non-hydrogen) atoms. The van der Waals surface area contributed by atoms with E-state index in [0.29, 0.717) is 0 Å². The number of hydroxylamine groups is 1. The lowest BCUT2D eigenvalue weighted by atomic mass is 10.1. The standard InChI is InChI=1S/C21H21N3O/c1-24(2)17-12-10-16(11-13-17)20-14-21(23-25-20)22-19-9-5-7-15-6-3-4-8-18(15)19/h3-13,20H,14H2,1-2H3,(H,22,23). The highest BCUT2D eigenvalue weighted by Crippen LogP contribution is 2.30. The molecule has 1 aliphatic rings. The van der Waals surface area contributed by atoms with Gasteiger partial charge < -0.3 is 4.90 Å². The van der Waals surface area contributed by atoms with Crippen LogP contribution in [0.2, 0.25) is 0 Å². The first kappa shape index (κ1) is 15.7. The number of rotatable bonds is 3. The van der Waals surface area contributed by atoms with Gasteiger partial charge in [-0.1, -0.05) is 48.5 Å². The first-order chi connectivity index (χ1) is 12.2. The molecule has 0 aliphatic carbocycles. The average Bonchev–Trinajstić information content (AvgIpc) is 3.11. The van der Waals surface area contributed by atoms with Crippen LogP contribution in [-0.4, -0.2) is 19.9 Å². The molecule has 1 saturated heterocycles. The van der Waals surface area contributed by atoms with E-state index < -0.39 is 0 Å². The number of benzene rings is 3. The first-order valence-electron chi connectivity index (χ1n) is 8.45. The third kappa shape index (κ3) is 3.21. The van der Waals surface area contributed by atoms with Gasteiger partial charge in [-0.15, -0.1) is 0 Å². The molecule has 3 aromatic carbocycles. The molecule has 1 fully saturated rings. The Bertz CT molecular complexity index is 911. The highest BCUT2D eigenvalue weighted by atomic mass is 16.7. The predicted octanol–water partition coefficient (Wildman–Crippen LogP) is 4.60. The Labute approximate surface area is 147 Å². The molecular weight excluding hydrogens is 310 g/mol. The Morgan fingerprint density at radius 3 is 2.52 bits per heavy atom. The van der Waals surface area contributed by atoms with Crippen molar-refractivity contribution in [2.24, 2.45) is 4.99 Å². The molecule has 0 aromatic heterocycles. The molecule has 1 N–H and O–H groups in total. The van der Waals surface area contributed by atoms with E-state index in [9.17, 15) is 0 Å². The fourth-order valence-electron chi connectivity index (χ4n) is 3.09. The number of anilines is 1. The third-order valence-corrected chi connectivity index (χ3v) is 4.50. The predicted molar refractivity (Wildman–Crippen MR) is 103 cm³/mol. The van der Waals surface area contributed by atoms with Gasteiger partial charge >= 0.3 is 0 Å². The van der Waals surface area contributed by atoms with Gasteiger partial charge in [0.05, 0.1) is 5.69 Å². The summed E-state index contributed by atoms with van der Waals surface area (Å²) >= 11 is 0. The van der Waals surface area contributed by atoms with Crippen LogP contribution in [-0.2, 0) is 4.84 Å². The molecule has 0 bridgehead atoms. The smallest absolute Gasteiger partial charge is 0.129 e. The lowest BCUT2D eigenvalue weighted by Gasteiger charge is -2.14. The van der Waals surface area contributed by atoms with Crippen LogP contribution in [0.15, 0.2) is 71.7 Å². The molecule has 0 amide bonds. The fourth-order valence-corrected chi connectivity index (χ4v) is 3.09. The molecule has 3 aromatic rings. The van der Waals surface area contributed by atoms with Gasteiger partial charge in [0, 0.05) is 31.6 Å². The highest BCUT2D eigenvalue weighted by Gasteiger charge is 2.23. The molecule has 1 unspecified atom stereocenters. The monoisotopic (exact) mass is 331 g/mol. The van der Waals surface area contributed by atoms with Gasteiger partial charge in [-0.2, -0.15) is 0 Å². The van der Waals surface area contributed by atoms with Crippen molar-refractivity contribution in [2.75, 3.05) is 19.0 Å². The van der Waals surface area contributed by atoms with Crippen LogP contribution in [0.25, 0.3) is 10.8 Å². The molecule has 126 valence electrons. The summed E-state index contributed by atoms with van der Waals surface area (Å²) in [5.41, 5.74) is 6.29. The zero-order valence-electron chi connectivity index (χ0n) is 14.4. The Hall–Kier alpha value is -2.85. The zero-order valence-corrected chi connectivity index (χ0v) is 14.4. The number of hydrogen-bond acceptors (Lipinski definition) is 3. The number of nitrogens with one attached hydrogen (secondary N) is 1. The summed E-state index contributed by atoms with van der Waals surface area (Å²) in [5, 5.41) is 2.34. The largest absolute Gasteiger partial charge is 0.378 e. The molecule has 0 spiro atoms. The molecule has 0 saturated carbocycles. The molecule has 1 heterocycles. The topological polar surface area (TPSA) is 36.9 Å². The quantitative estimate of drug-likeness (QED) is 0.762. The minimum Gasteiger partial charge on any atom is -0.378 e. The van der Waals surface area contributed by atoms with Gasteiger partial charge in [-0.25, -0.2) is 4.99 Å². The van der Waals surface area contributed by atoms with Crippen molar-refractivity contribution in [3.8, 4) is 0 Å². The lowest BCUT2D eigenvalue weighted by molar-refractivity contribution is 0.0449. The number of amidine groups is 1. The second-order valence-electron chi connectivity index (χ2n) is 6.46. The average molecular weight is 331 g/mol. The van der Waals surface area contributed by atoms with E-state index >= 15 is 0 Å². The molecule has 1 atom stereocenters. The van der Waals surface area contributed by atoms with Gasteiger partial charge in [0.1, 0.15) is 11.9 Å². The minimum atomic E-state index is -0.00932. The van der Waals surface area contributed by atoms with E-state index in [1.807, 2.05) is 38.4 Å². The Morgan fingerprint density at radius 2 is 1.72 bits per heavy atom. The van der Waals surface area contributed by atoms with E-state index in [1.54, 1.807) is 0 Å². The molecule has 4 nitrogen and oxygen atoms in total. The van der Waals surface area contributed by atoms with Crippen LogP contribution in [0.5, 0.6) is 0 Å². The summed E-state index contributed by atoms with van der Waals surface area (Å²) in [4.78, 5) is 12.6. The van der Waals surface area contributed by atoms with E-state index in [-0.39, 0.29) is 6.10 Å². The van der Waals surface area contributed by atoms with Gasteiger partial charge in [0.25, 0.3) is 0 Å². The third-order valence-electron chi connectivity index (χ3n) is 4.50. The van der Waals surface area contributed by atoms with Crippen LogP contribution in [0.1, 0.15) is 18.1 Å². The second kappa shape index (κ2) is 6.57. The van der Waals surface area contributed by atoms with Crippen molar-refractivity contribution in [2.45, 2.75) is 12.5 Å². The number of fused-ring (bicyclic) bond motifs is 1. The van der Waals surface area contributed by atoms with Gasteiger partial charge in [0.15, 0.2) is 0 Å². The molecule has 4 rings (SSSR count). The summed E-state index contributed by atoms with van der Waals surface area (Å²) in [6.45, 7) is 0. The summed E-state index contributed by atoms with van der Waals surface area (Å²) < 4.78 is 0. The van der Waals surface area contributed by atoms with Crippen molar-refractivity contribution in [1.82, 2.24) is 5.48 Å². The van der Waals surface area contributed by atoms with Crippen molar-refractivity contribution in [3.05, 3.63) is 72.3 Å². The number of nitrogens with zero attached hydrogens (tertiary/aromatic N) is 2. The Kier molecular flexibility index (Phi) is 4.12. The van der Waals surface area contributed by atoms with E-state index in [0.717, 1.165) is 28.9 Å². The minimum absolute atomic E-state index is 0.00932.